The second-order valence-corrected chi connectivity index (χ2v) is 7.80. The third-order valence-corrected chi connectivity index (χ3v) is 4.25. The minimum Gasteiger partial charge on any atom is -0.494 e. The van der Waals surface area contributed by atoms with Crippen molar-refractivity contribution in [1.29, 1.82) is 0 Å². The van der Waals surface area contributed by atoms with Gasteiger partial charge in [0.05, 0.1) is 26.1 Å². The number of rotatable bonds is 9. The molecule has 0 aliphatic heterocycles. The highest BCUT2D eigenvalue weighted by Crippen LogP contribution is 2.18. The van der Waals surface area contributed by atoms with Crippen molar-refractivity contribution in [2.24, 2.45) is 4.99 Å². The lowest BCUT2D eigenvalue weighted by molar-refractivity contribution is 0.153. The molecule has 0 unspecified atom stereocenters. The summed E-state index contributed by atoms with van der Waals surface area (Å²) in [5.74, 6) is 0.434. The summed E-state index contributed by atoms with van der Waals surface area (Å²) in [7, 11) is 1.90. The van der Waals surface area contributed by atoms with Gasteiger partial charge in [0.1, 0.15) is 9.84 Å². The molecule has 1 aromatic rings. The molecule has 150 valence electrons. The molecule has 0 spiro atoms. The van der Waals surface area contributed by atoms with Crippen LogP contribution in [0.2, 0.25) is 0 Å². The first-order valence-corrected chi connectivity index (χ1v) is 9.82. The Morgan fingerprint density at radius 2 is 2.04 bits per heavy atom. The van der Waals surface area contributed by atoms with E-state index >= 15 is 0 Å². The van der Waals surface area contributed by atoms with Gasteiger partial charge in [0, 0.05) is 33.4 Å². The topological polar surface area (TPSA) is 80.2 Å². The second kappa shape index (κ2) is 12.3. The number of halogens is 2. The highest BCUT2D eigenvalue weighted by molar-refractivity contribution is 14.0. The molecule has 1 aromatic carbocycles. The monoisotopic (exact) mass is 503 g/mol. The number of hydrogen-bond donors (Lipinski definition) is 1. The Kier molecular flexibility index (Phi) is 11.7. The van der Waals surface area contributed by atoms with Crippen LogP contribution < -0.4 is 10.1 Å². The fourth-order valence-electron chi connectivity index (χ4n) is 2.09. The molecule has 0 saturated carbocycles. The normalized spacial score (nSPS) is 11.7. The van der Waals surface area contributed by atoms with Crippen molar-refractivity contribution in [3.8, 4) is 5.75 Å². The molecule has 0 aliphatic carbocycles. The molecule has 0 saturated heterocycles. The van der Waals surface area contributed by atoms with Gasteiger partial charge in [0.15, 0.2) is 17.5 Å². The summed E-state index contributed by atoms with van der Waals surface area (Å²) < 4.78 is 45.9. The molecule has 0 radical (unpaired) electrons. The van der Waals surface area contributed by atoms with Gasteiger partial charge in [0.25, 0.3) is 0 Å². The van der Waals surface area contributed by atoms with Crippen molar-refractivity contribution < 1.29 is 22.3 Å². The van der Waals surface area contributed by atoms with Crippen LogP contribution in [0.3, 0.4) is 0 Å². The first-order valence-electron chi connectivity index (χ1n) is 7.76. The van der Waals surface area contributed by atoms with Gasteiger partial charge in [-0.1, -0.05) is 6.07 Å². The fourth-order valence-corrected chi connectivity index (χ4v) is 2.51. The minimum absolute atomic E-state index is 0. The highest BCUT2D eigenvalue weighted by Gasteiger charge is 2.09. The molecule has 7 nitrogen and oxygen atoms in total. The molecule has 26 heavy (non-hydrogen) atoms. The Bertz CT molecular complexity index is 686. The Morgan fingerprint density at radius 1 is 1.35 bits per heavy atom. The third kappa shape index (κ3) is 9.53. The van der Waals surface area contributed by atoms with Crippen molar-refractivity contribution in [3.63, 3.8) is 0 Å². The van der Waals surface area contributed by atoms with E-state index in [1.54, 1.807) is 19.2 Å². The van der Waals surface area contributed by atoms with Gasteiger partial charge < -0.3 is 19.7 Å². The number of nitrogens with one attached hydrogen (secondary N) is 1. The van der Waals surface area contributed by atoms with Crippen LogP contribution in [0, 0.1) is 5.82 Å². The minimum atomic E-state index is -3.01. The molecule has 1 rings (SSSR count). The Morgan fingerprint density at radius 3 is 2.58 bits per heavy atom. The highest BCUT2D eigenvalue weighted by atomic mass is 127. The largest absolute Gasteiger partial charge is 0.494 e. The molecular formula is C16H27FIN3O4S. The number of sulfone groups is 1. The maximum atomic E-state index is 13.7. The SMILES string of the molecule is CN=C(NCCOCCS(C)(=O)=O)N(C)Cc1ccc(OC)c(F)c1.I. The van der Waals surface area contributed by atoms with Gasteiger partial charge >= 0.3 is 0 Å². The van der Waals surface area contributed by atoms with Crippen LogP contribution in [0.4, 0.5) is 4.39 Å². The first-order chi connectivity index (χ1) is 11.8. The van der Waals surface area contributed by atoms with Crippen molar-refractivity contribution in [1.82, 2.24) is 10.2 Å². The smallest absolute Gasteiger partial charge is 0.193 e. The van der Waals surface area contributed by atoms with E-state index in [0.29, 0.717) is 25.7 Å². The average Bonchev–Trinajstić information content (AvgIpc) is 2.53. The summed E-state index contributed by atoms with van der Waals surface area (Å²) in [5.41, 5.74) is 0.785. The van der Waals surface area contributed by atoms with E-state index in [2.05, 4.69) is 10.3 Å². The van der Waals surface area contributed by atoms with Crippen molar-refractivity contribution in [2.75, 3.05) is 53.0 Å². The van der Waals surface area contributed by atoms with E-state index in [1.165, 1.54) is 19.4 Å². The average molecular weight is 503 g/mol. The van der Waals surface area contributed by atoms with Crippen molar-refractivity contribution in [2.45, 2.75) is 6.54 Å². The molecule has 0 fully saturated rings. The van der Waals surface area contributed by atoms with Crippen LogP contribution in [0.15, 0.2) is 23.2 Å². The molecule has 0 atom stereocenters. The Hall–Kier alpha value is -1.14. The maximum absolute atomic E-state index is 13.7. The lowest BCUT2D eigenvalue weighted by atomic mass is 10.2. The number of methoxy groups -OCH3 is 1. The number of hydrogen-bond acceptors (Lipinski definition) is 5. The number of ether oxygens (including phenoxy) is 2. The summed E-state index contributed by atoms with van der Waals surface area (Å²) in [4.78, 5) is 6.00. The quantitative estimate of drug-likeness (QED) is 0.238. The fraction of sp³-hybridized carbons (Fsp3) is 0.562. The molecular weight excluding hydrogens is 476 g/mol. The summed E-state index contributed by atoms with van der Waals surface area (Å²) in [6.45, 7) is 1.48. The summed E-state index contributed by atoms with van der Waals surface area (Å²) in [6.07, 6.45) is 1.17. The van der Waals surface area contributed by atoms with E-state index in [-0.39, 0.29) is 42.1 Å². The Balaban J connectivity index is 0.00000625. The number of nitrogens with zero attached hydrogens (tertiary/aromatic N) is 2. The lowest BCUT2D eigenvalue weighted by Crippen LogP contribution is -2.40. The second-order valence-electron chi connectivity index (χ2n) is 5.54. The third-order valence-electron chi connectivity index (χ3n) is 3.34. The van der Waals surface area contributed by atoms with Gasteiger partial charge in [-0.25, -0.2) is 12.8 Å². The van der Waals surface area contributed by atoms with E-state index < -0.39 is 15.7 Å². The van der Waals surface area contributed by atoms with Crippen LogP contribution >= 0.6 is 24.0 Å². The molecule has 0 bridgehead atoms. The Labute approximate surface area is 171 Å². The van der Waals surface area contributed by atoms with Crippen LogP contribution in [-0.4, -0.2) is 72.2 Å². The van der Waals surface area contributed by atoms with Crippen LogP contribution in [0.5, 0.6) is 5.75 Å². The van der Waals surface area contributed by atoms with E-state index in [9.17, 15) is 12.8 Å². The van der Waals surface area contributed by atoms with E-state index in [0.717, 1.165) is 5.56 Å². The zero-order valence-corrected chi connectivity index (χ0v) is 18.6. The van der Waals surface area contributed by atoms with Crippen molar-refractivity contribution >= 4 is 39.8 Å². The van der Waals surface area contributed by atoms with Gasteiger partial charge in [-0.15, -0.1) is 24.0 Å². The zero-order chi connectivity index (χ0) is 18.9. The molecule has 0 aromatic heterocycles. The van der Waals surface area contributed by atoms with Gasteiger partial charge in [-0.2, -0.15) is 0 Å². The summed E-state index contributed by atoms with van der Waals surface area (Å²) in [5, 5.41) is 3.11. The summed E-state index contributed by atoms with van der Waals surface area (Å²) >= 11 is 0. The van der Waals surface area contributed by atoms with E-state index in [4.69, 9.17) is 9.47 Å². The predicted octanol–water partition coefficient (Wildman–Crippen LogP) is 1.52. The van der Waals surface area contributed by atoms with Gasteiger partial charge in [0.2, 0.25) is 0 Å². The molecule has 10 heteroatoms. The molecule has 0 aliphatic rings. The standard InChI is InChI=1S/C16H26FN3O4S.HI/c1-18-16(19-7-8-24-9-10-25(4,21)22)20(2)12-13-5-6-15(23-3)14(17)11-13;/h5-6,11H,7-10,12H2,1-4H3,(H,18,19);1H. The predicted molar refractivity (Wildman–Crippen MR) is 112 cm³/mol. The molecule has 0 amide bonds. The van der Waals surface area contributed by atoms with Crippen LogP contribution in [0.25, 0.3) is 0 Å². The maximum Gasteiger partial charge on any atom is 0.193 e. The lowest BCUT2D eigenvalue weighted by Gasteiger charge is -2.22. The van der Waals surface area contributed by atoms with Crippen molar-refractivity contribution in [3.05, 3.63) is 29.6 Å². The van der Waals surface area contributed by atoms with Crippen LogP contribution in [0.1, 0.15) is 5.56 Å². The summed E-state index contributed by atoms with van der Waals surface area (Å²) in [6, 6.07) is 4.81. The number of benzene rings is 1. The van der Waals surface area contributed by atoms with Gasteiger partial charge in [-0.3, -0.25) is 4.99 Å². The first kappa shape index (κ1) is 24.9. The molecule has 0 heterocycles. The van der Waals surface area contributed by atoms with Gasteiger partial charge in [-0.05, 0) is 17.7 Å². The van der Waals surface area contributed by atoms with E-state index in [1.807, 2.05) is 11.9 Å². The number of aliphatic imine (C=N–C) groups is 1. The van der Waals surface area contributed by atoms with Crippen LogP contribution in [-0.2, 0) is 21.1 Å². The molecule has 1 N–H and O–H groups in total. The zero-order valence-electron chi connectivity index (χ0n) is 15.5. The number of guanidine groups is 1.